The molecule has 1 amide bonds. The van der Waals surface area contributed by atoms with Gasteiger partial charge in [-0.2, -0.15) is 30.0 Å². The number of rotatable bonds is 6. The number of nitrogens with zero attached hydrogens (tertiary/aromatic N) is 3. The van der Waals surface area contributed by atoms with Crippen molar-refractivity contribution in [3.63, 3.8) is 0 Å². The molecule has 0 saturated heterocycles. The van der Waals surface area contributed by atoms with Crippen molar-refractivity contribution in [1.82, 2.24) is 4.90 Å². The van der Waals surface area contributed by atoms with Gasteiger partial charge in [0.2, 0.25) is 0 Å². The van der Waals surface area contributed by atoms with Gasteiger partial charge in [0.1, 0.15) is 34.5 Å². The molecule has 0 saturated carbocycles. The lowest BCUT2D eigenvalue weighted by molar-refractivity contribution is -0.136. The largest absolute Gasteiger partial charge is 0.485 e. The zero-order valence-corrected chi connectivity index (χ0v) is 38.9. The first-order valence-electron chi connectivity index (χ1n) is 20.8. The van der Waals surface area contributed by atoms with Gasteiger partial charge in [-0.1, -0.05) is 18.2 Å². The molecule has 4 aliphatic heterocycles. The first-order chi connectivity index (χ1) is 30.9. The maximum atomic E-state index is 15.6. The van der Waals surface area contributed by atoms with Crippen molar-refractivity contribution in [1.29, 1.82) is 0 Å². The van der Waals surface area contributed by atoms with E-state index in [0.717, 1.165) is 19.2 Å². The van der Waals surface area contributed by atoms with Crippen molar-refractivity contribution in [2.45, 2.75) is 63.5 Å². The van der Waals surface area contributed by atoms with E-state index < -0.39 is 100 Å². The summed E-state index contributed by atoms with van der Waals surface area (Å²) in [5.41, 5.74) is -6.24. The van der Waals surface area contributed by atoms with Crippen molar-refractivity contribution < 1.29 is 62.6 Å². The van der Waals surface area contributed by atoms with E-state index in [0.29, 0.717) is 28.6 Å². The number of alkyl halides is 3. The number of methoxy groups -OCH3 is 1. The number of carbonyl (C=O) groups is 2. The molecule has 0 bridgehead atoms. The third-order valence-electron chi connectivity index (χ3n) is 13.9. The molecule has 15 nitrogen and oxygen atoms in total. The quantitative estimate of drug-likeness (QED) is 0.112. The van der Waals surface area contributed by atoms with Gasteiger partial charge in [-0.15, -0.1) is 0 Å². The maximum Gasteiger partial charge on any atom is 0.417 e. The van der Waals surface area contributed by atoms with E-state index >= 15 is 4.79 Å². The van der Waals surface area contributed by atoms with Crippen LogP contribution in [0.1, 0.15) is 77.6 Å². The van der Waals surface area contributed by atoms with Crippen molar-refractivity contribution >= 4 is 60.0 Å². The predicted octanol–water partition coefficient (Wildman–Crippen LogP) is 7.13. The Kier molecular flexibility index (Phi) is 9.87. The Morgan fingerprint density at radius 2 is 1.45 bits per heavy atom. The van der Waals surface area contributed by atoms with Crippen LogP contribution in [0, 0.1) is 5.41 Å². The summed E-state index contributed by atoms with van der Waals surface area (Å²) in [6.45, 7) is 9.07. The first kappa shape index (κ1) is 45.9. The van der Waals surface area contributed by atoms with Crippen LogP contribution in [0.3, 0.4) is 0 Å². The number of amides is 1. The summed E-state index contributed by atoms with van der Waals surface area (Å²) in [5, 5.41) is -0.488. The molecule has 3 unspecified atom stereocenters. The van der Waals surface area contributed by atoms with Crippen LogP contribution in [-0.4, -0.2) is 92.6 Å². The molecule has 9 rings (SSSR count). The summed E-state index contributed by atoms with van der Waals surface area (Å²) in [7, 11) is -4.64. The highest BCUT2D eigenvalue weighted by molar-refractivity contribution is 7.86. The van der Waals surface area contributed by atoms with Gasteiger partial charge < -0.3 is 23.7 Å². The van der Waals surface area contributed by atoms with E-state index in [1.807, 2.05) is 37.5 Å². The fourth-order valence-electron chi connectivity index (χ4n) is 10.5. The Hall–Kier alpha value is -6.22. The normalized spacial score (nSPS) is 23.8. The van der Waals surface area contributed by atoms with E-state index in [9.17, 15) is 48.7 Å². The highest BCUT2D eigenvalue weighted by Gasteiger charge is 2.68. The van der Waals surface area contributed by atoms with Crippen molar-refractivity contribution in [3.8, 4) is 5.75 Å². The molecule has 3 atom stereocenters. The minimum atomic E-state index is -4.98. The van der Waals surface area contributed by atoms with Crippen LogP contribution in [0.2, 0.25) is 0 Å². The summed E-state index contributed by atoms with van der Waals surface area (Å²) in [6.07, 6.45) is 0.740. The molecular formula is C47H44F3N3O12S2. The van der Waals surface area contributed by atoms with Crippen LogP contribution in [0.25, 0.3) is 16.5 Å². The number of fused-ring (bicyclic) bond motifs is 9. The minimum Gasteiger partial charge on any atom is -0.485 e. The molecule has 20 heteroatoms. The number of likely N-dealkylation sites (N-methyl/N-ethyl adjacent to an activating group) is 2. The van der Waals surface area contributed by atoms with Crippen LogP contribution < -0.4 is 20.2 Å². The summed E-state index contributed by atoms with van der Waals surface area (Å²) >= 11 is 0. The summed E-state index contributed by atoms with van der Waals surface area (Å²) in [5.74, 6) is -3.03. The molecule has 5 heterocycles. The highest BCUT2D eigenvalue weighted by atomic mass is 32.2. The Bertz CT molecular complexity index is 3350. The molecule has 0 radical (unpaired) electrons. The number of halogens is 3. The molecule has 2 N–H and O–H groups in total. The average Bonchev–Trinajstić information content (AvgIpc) is 3.47. The predicted molar refractivity (Wildman–Crippen MR) is 241 cm³/mol. The molecule has 3 aromatic carbocycles. The molecule has 67 heavy (non-hydrogen) atoms. The van der Waals surface area contributed by atoms with Crippen LogP contribution in [0.15, 0.2) is 105 Å². The molecule has 5 aliphatic rings. The number of ether oxygens (including phenoxy) is 2. The van der Waals surface area contributed by atoms with E-state index in [-0.39, 0.29) is 44.8 Å². The maximum absolute atomic E-state index is 15.6. The van der Waals surface area contributed by atoms with Gasteiger partial charge >= 0.3 is 17.8 Å². The number of anilines is 2. The minimum absolute atomic E-state index is 0.0134. The number of carbonyl (C=O) groups excluding carboxylic acids is 2. The van der Waals surface area contributed by atoms with E-state index in [2.05, 4.69) is 0 Å². The van der Waals surface area contributed by atoms with Crippen LogP contribution in [-0.2, 0) is 36.7 Å². The number of hydrogen-bond acceptors (Lipinski definition) is 12. The Morgan fingerprint density at radius 3 is 2.09 bits per heavy atom. The Morgan fingerprint density at radius 1 is 0.806 bits per heavy atom. The van der Waals surface area contributed by atoms with Crippen molar-refractivity contribution in [3.05, 3.63) is 140 Å². The second-order valence-electron chi connectivity index (χ2n) is 18.8. The zero-order valence-electron chi connectivity index (χ0n) is 37.3. The van der Waals surface area contributed by atoms with Gasteiger partial charge in [-0.25, -0.2) is 9.59 Å². The zero-order chi connectivity index (χ0) is 48.9. The van der Waals surface area contributed by atoms with Crippen molar-refractivity contribution in [2.24, 2.45) is 5.41 Å². The fraction of sp³-hybridized carbons (Fsp3) is 0.340. The van der Waals surface area contributed by atoms with E-state index in [1.54, 1.807) is 57.5 Å². The summed E-state index contributed by atoms with van der Waals surface area (Å²) < 4.78 is 132. The van der Waals surface area contributed by atoms with E-state index in [4.69, 9.17) is 13.9 Å². The Balaban J connectivity index is 1.47. The Labute approximate surface area is 382 Å². The van der Waals surface area contributed by atoms with Gasteiger partial charge in [0.15, 0.2) is 0 Å². The number of benzene rings is 3. The highest BCUT2D eigenvalue weighted by Crippen LogP contribution is 2.66. The van der Waals surface area contributed by atoms with Gasteiger partial charge in [0.05, 0.1) is 34.7 Å². The van der Waals surface area contributed by atoms with Gasteiger partial charge in [0, 0.05) is 71.4 Å². The molecule has 1 aromatic heterocycles. The number of allylic oxidation sites excluding steroid dienone is 1. The topological polar surface area (TPSA) is 201 Å². The third-order valence-corrected chi connectivity index (χ3v) is 15.3. The van der Waals surface area contributed by atoms with Crippen molar-refractivity contribution in [2.75, 3.05) is 42.5 Å². The van der Waals surface area contributed by atoms with Crippen LogP contribution in [0.5, 0.6) is 5.75 Å². The molecule has 1 spiro atoms. The smallest absolute Gasteiger partial charge is 0.417 e. The van der Waals surface area contributed by atoms with Crippen LogP contribution >= 0.6 is 0 Å². The van der Waals surface area contributed by atoms with E-state index in [1.165, 1.54) is 29.2 Å². The molecule has 352 valence electrons. The monoisotopic (exact) mass is 963 g/mol. The molecule has 0 fully saturated rings. The standard InChI is InChI=1S/C47H44F3N3O12S2/c1-43(2)19-25(22-66(57,58)59)30-15-34-38(17-35(30)51(43)6)64-39-18-36-31(26(23-67(60,61)62)20-44(3,4)52(36)7)21-45(39,5)46(34)32-13-24(42(56)63-8)9-11-29(32)41(55)53(46)27-10-12-28-33(47(48,49)50)16-40(54)65-37(28)14-27/h9-21,39H,22-23H2,1-8H3,(H,57,58,59)(H,60,61,62). The van der Waals surface area contributed by atoms with Gasteiger partial charge in [-0.3, -0.25) is 18.8 Å². The SMILES string of the molecule is COC(=O)c1ccc2c(c1)C1(c3cc4c(cc3OC3C=C5C(=CC31C)C(CS(=O)(=O)O)=CC(C)(C)N5C)N(C)C(C)(C)C=C4CS(=O)(=O)O)N(c1ccc3c(C(F)(F)F)cc(=O)oc3c1)C2=O. The van der Waals surface area contributed by atoms with Crippen LogP contribution in [0.4, 0.5) is 24.5 Å². The lowest BCUT2D eigenvalue weighted by atomic mass is 9.56. The fourth-order valence-corrected chi connectivity index (χ4v) is 11.8. The second kappa shape index (κ2) is 14.4. The average molecular weight is 964 g/mol. The molecular weight excluding hydrogens is 920 g/mol. The number of hydrogen-bond donors (Lipinski definition) is 2. The molecule has 4 aromatic rings. The summed E-state index contributed by atoms with van der Waals surface area (Å²) in [4.78, 5) is 46.9. The number of esters is 1. The van der Waals surface area contributed by atoms with Gasteiger partial charge in [-0.05, 0) is 99.4 Å². The second-order valence-corrected chi connectivity index (χ2v) is 21.7. The third kappa shape index (κ3) is 6.92. The molecule has 1 aliphatic carbocycles. The summed E-state index contributed by atoms with van der Waals surface area (Å²) in [6, 6.07) is 11.3. The van der Waals surface area contributed by atoms with Gasteiger partial charge in [0.25, 0.3) is 26.1 Å². The lowest BCUT2D eigenvalue weighted by Gasteiger charge is -2.59. The first-order valence-corrected chi connectivity index (χ1v) is 24.0. The lowest BCUT2D eigenvalue weighted by Crippen LogP contribution is -2.64.